The molecule has 16 heavy (non-hydrogen) atoms. The van der Waals surface area contributed by atoms with E-state index in [4.69, 9.17) is 5.11 Å². The lowest BCUT2D eigenvalue weighted by atomic mass is 10.3. The number of hydrogen-bond acceptors (Lipinski definition) is 4. The van der Waals surface area contributed by atoms with Gasteiger partial charge in [0, 0.05) is 6.04 Å². The predicted molar refractivity (Wildman–Crippen MR) is 65.1 cm³/mol. The summed E-state index contributed by atoms with van der Waals surface area (Å²) < 4.78 is 26.7. The fraction of sp³-hybridized carbons (Fsp3) is 0.600. The highest BCUT2D eigenvalue weighted by molar-refractivity contribution is 7.89. The van der Waals surface area contributed by atoms with Gasteiger partial charge < -0.3 is 5.11 Å². The van der Waals surface area contributed by atoms with E-state index in [2.05, 4.69) is 4.72 Å². The Morgan fingerprint density at radius 3 is 2.69 bits per heavy atom. The molecule has 0 amide bonds. The van der Waals surface area contributed by atoms with Crippen molar-refractivity contribution in [1.29, 1.82) is 0 Å². The smallest absolute Gasteiger partial charge is 0.242 e. The Balaban J connectivity index is 3.11. The topological polar surface area (TPSA) is 66.4 Å². The number of thiophene rings is 1. The first kappa shape index (κ1) is 13.6. The van der Waals surface area contributed by atoms with Crippen LogP contribution >= 0.6 is 11.3 Å². The minimum absolute atomic E-state index is 0.101. The summed E-state index contributed by atoms with van der Waals surface area (Å²) in [4.78, 5) is 0.730. The third-order valence-electron chi connectivity index (χ3n) is 2.37. The van der Waals surface area contributed by atoms with Crippen LogP contribution in [-0.2, 0) is 16.6 Å². The summed E-state index contributed by atoms with van der Waals surface area (Å²) in [6.45, 7) is 5.23. The molecule has 0 saturated carbocycles. The molecule has 6 heteroatoms. The van der Waals surface area contributed by atoms with Gasteiger partial charge in [-0.1, -0.05) is 6.92 Å². The zero-order valence-corrected chi connectivity index (χ0v) is 11.3. The molecule has 0 spiro atoms. The Bertz CT molecular complexity index is 451. The molecule has 0 aliphatic heterocycles. The summed E-state index contributed by atoms with van der Waals surface area (Å²) in [5, 5.41) is 10.9. The van der Waals surface area contributed by atoms with Crippen molar-refractivity contribution in [1.82, 2.24) is 4.72 Å². The van der Waals surface area contributed by atoms with Crippen LogP contribution in [-0.4, -0.2) is 19.6 Å². The maximum atomic E-state index is 12.0. The van der Waals surface area contributed by atoms with Crippen molar-refractivity contribution >= 4 is 21.4 Å². The van der Waals surface area contributed by atoms with Gasteiger partial charge in [-0.15, -0.1) is 11.3 Å². The van der Waals surface area contributed by atoms with Crippen LogP contribution in [0.1, 0.15) is 30.7 Å². The average molecular weight is 263 g/mol. The second kappa shape index (κ2) is 5.27. The summed E-state index contributed by atoms with van der Waals surface area (Å²) in [5.41, 5.74) is 0.685. The molecule has 2 N–H and O–H groups in total. The Hall–Kier alpha value is -0.430. The molecule has 0 fully saturated rings. The summed E-state index contributed by atoms with van der Waals surface area (Å²) in [6.07, 6.45) is 0.733. The maximum absolute atomic E-state index is 12.0. The minimum atomic E-state index is -3.50. The van der Waals surface area contributed by atoms with Gasteiger partial charge in [0.15, 0.2) is 0 Å². The molecular weight excluding hydrogens is 246 g/mol. The summed E-state index contributed by atoms with van der Waals surface area (Å²) in [7, 11) is -3.50. The van der Waals surface area contributed by atoms with Gasteiger partial charge in [0.05, 0.1) is 11.5 Å². The van der Waals surface area contributed by atoms with Crippen LogP contribution in [0.5, 0.6) is 0 Å². The van der Waals surface area contributed by atoms with E-state index < -0.39 is 10.0 Å². The van der Waals surface area contributed by atoms with Crippen LogP contribution in [0.2, 0.25) is 0 Å². The standard InChI is InChI=1S/C10H17NO3S2/c1-4-8(3)11-16(13,14)10-7(2)6-15-9(10)5-12/h6,8,11-12H,4-5H2,1-3H3. The van der Waals surface area contributed by atoms with Crippen LogP contribution in [0.3, 0.4) is 0 Å². The number of aliphatic hydroxyl groups excluding tert-OH is 1. The molecule has 1 heterocycles. The van der Waals surface area contributed by atoms with Gasteiger partial charge >= 0.3 is 0 Å². The number of aliphatic hydroxyl groups is 1. The largest absolute Gasteiger partial charge is 0.391 e. The molecule has 92 valence electrons. The summed E-state index contributed by atoms with van der Waals surface area (Å²) >= 11 is 1.27. The van der Waals surface area contributed by atoms with E-state index in [0.717, 1.165) is 6.42 Å². The van der Waals surface area contributed by atoms with Crippen LogP contribution in [0.25, 0.3) is 0 Å². The number of nitrogens with one attached hydrogen (secondary N) is 1. The summed E-state index contributed by atoms with van der Waals surface area (Å²) in [5.74, 6) is 0. The maximum Gasteiger partial charge on any atom is 0.242 e. The van der Waals surface area contributed by atoms with E-state index in [1.807, 2.05) is 13.8 Å². The van der Waals surface area contributed by atoms with E-state index in [9.17, 15) is 8.42 Å². The molecule has 0 saturated heterocycles. The van der Waals surface area contributed by atoms with Gasteiger partial charge in [-0.05, 0) is 31.2 Å². The highest BCUT2D eigenvalue weighted by Crippen LogP contribution is 2.26. The number of aryl methyl sites for hydroxylation is 1. The minimum Gasteiger partial charge on any atom is -0.391 e. The predicted octanol–water partition coefficient (Wildman–Crippen LogP) is 1.63. The SMILES string of the molecule is CCC(C)NS(=O)(=O)c1c(C)csc1CO. The molecule has 1 aromatic rings. The highest BCUT2D eigenvalue weighted by atomic mass is 32.2. The molecule has 0 aliphatic carbocycles. The van der Waals surface area contributed by atoms with E-state index in [1.54, 1.807) is 12.3 Å². The average Bonchev–Trinajstić information content (AvgIpc) is 2.59. The van der Waals surface area contributed by atoms with Gasteiger partial charge in [-0.3, -0.25) is 0 Å². The normalized spacial score (nSPS) is 14.0. The quantitative estimate of drug-likeness (QED) is 0.848. The fourth-order valence-electron chi connectivity index (χ4n) is 1.36. The molecule has 1 unspecified atom stereocenters. The second-order valence-corrected chi connectivity index (χ2v) is 6.37. The first-order valence-corrected chi connectivity index (χ1v) is 7.48. The third-order valence-corrected chi connectivity index (χ3v) is 5.41. The van der Waals surface area contributed by atoms with Crippen LogP contribution in [0.4, 0.5) is 0 Å². The Morgan fingerprint density at radius 1 is 1.56 bits per heavy atom. The Kier molecular flexibility index (Phi) is 4.49. The summed E-state index contributed by atoms with van der Waals surface area (Å²) in [6, 6.07) is -0.101. The van der Waals surface area contributed by atoms with Gasteiger partial charge in [-0.25, -0.2) is 13.1 Å². The van der Waals surface area contributed by atoms with E-state index >= 15 is 0 Å². The van der Waals surface area contributed by atoms with E-state index in [-0.39, 0.29) is 17.5 Å². The fourth-order valence-corrected chi connectivity index (χ4v) is 4.35. The van der Waals surface area contributed by atoms with Crippen molar-refractivity contribution < 1.29 is 13.5 Å². The van der Waals surface area contributed by atoms with Crippen molar-refractivity contribution in [3.05, 3.63) is 15.8 Å². The Labute approximate surface area is 100 Å². The van der Waals surface area contributed by atoms with E-state index in [1.165, 1.54) is 11.3 Å². The van der Waals surface area contributed by atoms with Crippen molar-refractivity contribution in [3.63, 3.8) is 0 Å². The molecule has 1 rings (SSSR count). The van der Waals surface area contributed by atoms with Gasteiger partial charge in [-0.2, -0.15) is 0 Å². The lowest BCUT2D eigenvalue weighted by Gasteiger charge is -2.12. The molecule has 0 aliphatic rings. The molecule has 4 nitrogen and oxygen atoms in total. The van der Waals surface area contributed by atoms with Gasteiger partial charge in [0.2, 0.25) is 10.0 Å². The lowest BCUT2D eigenvalue weighted by Crippen LogP contribution is -2.32. The highest BCUT2D eigenvalue weighted by Gasteiger charge is 2.23. The van der Waals surface area contributed by atoms with Crippen molar-refractivity contribution in [3.8, 4) is 0 Å². The molecule has 0 bridgehead atoms. The van der Waals surface area contributed by atoms with Gasteiger partial charge in [0.1, 0.15) is 4.90 Å². The number of sulfonamides is 1. The van der Waals surface area contributed by atoms with Gasteiger partial charge in [0.25, 0.3) is 0 Å². The third kappa shape index (κ3) is 2.82. The molecule has 1 atom stereocenters. The molecule has 0 aromatic carbocycles. The first-order valence-electron chi connectivity index (χ1n) is 5.12. The molecular formula is C10H17NO3S2. The van der Waals surface area contributed by atoms with Crippen molar-refractivity contribution in [2.75, 3.05) is 0 Å². The number of hydrogen-bond donors (Lipinski definition) is 2. The van der Waals surface area contributed by atoms with E-state index in [0.29, 0.717) is 10.4 Å². The van der Waals surface area contributed by atoms with Crippen LogP contribution < -0.4 is 4.72 Å². The monoisotopic (exact) mass is 263 g/mol. The number of rotatable bonds is 5. The Morgan fingerprint density at radius 2 is 2.19 bits per heavy atom. The zero-order valence-electron chi connectivity index (χ0n) is 9.65. The lowest BCUT2D eigenvalue weighted by molar-refractivity contribution is 0.282. The van der Waals surface area contributed by atoms with Crippen LogP contribution in [0, 0.1) is 6.92 Å². The van der Waals surface area contributed by atoms with Crippen molar-refractivity contribution in [2.24, 2.45) is 0 Å². The zero-order chi connectivity index (χ0) is 12.3. The van der Waals surface area contributed by atoms with Crippen LogP contribution in [0.15, 0.2) is 10.3 Å². The first-order chi connectivity index (χ1) is 7.42. The molecule has 1 aromatic heterocycles. The van der Waals surface area contributed by atoms with Crippen molar-refractivity contribution in [2.45, 2.75) is 44.7 Å². The molecule has 0 radical (unpaired) electrons. The second-order valence-electron chi connectivity index (χ2n) is 3.76.